The van der Waals surface area contributed by atoms with Crippen LogP contribution in [0.5, 0.6) is 5.75 Å². The Hall–Kier alpha value is -2.86. The second-order valence-corrected chi connectivity index (χ2v) is 6.96. The predicted octanol–water partition coefficient (Wildman–Crippen LogP) is 2.68. The summed E-state index contributed by atoms with van der Waals surface area (Å²) in [6, 6.07) is 12.8. The molecule has 6 heteroatoms. The summed E-state index contributed by atoms with van der Waals surface area (Å²) in [6.07, 6.45) is 3.06. The fourth-order valence-corrected chi connectivity index (χ4v) is 3.72. The highest BCUT2D eigenvalue weighted by atomic mass is 16.5. The number of nitrogens with zero attached hydrogens (tertiary/aromatic N) is 1. The molecule has 0 aliphatic carbocycles. The molecule has 1 fully saturated rings. The summed E-state index contributed by atoms with van der Waals surface area (Å²) in [4.78, 5) is 27.0. The van der Waals surface area contributed by atoms with E-state index in [1.165, 1.54) is 0 Å². The average molecular weight is 381 g/mol. The number of carbonyl (C=O) groups is 2. The lowest BCUT2D eigenvalue weighted by atomic mass is 9.97. The van der Waals surface area contributed by atoms with E-state index in [0.29, 0.717) is 23.4 Å². The van der Waals surface area contributed by atoms with Gasteiger partial charge >= 0.3 is 0 Å². The van der Waals surface area contributed by atoms with Crippen LogP contribution >= 0.6 is 0 Å². The topological polar surface area (TPSA) is 84.7 Å². The van der Waals surface area contributed by atoms with Gasteiger partial charge in [-0.1, -0.05) is 12.1 Å². The van der Waals surface area contributed by atoms with Crippen LogP contribution < -0.4 is 15.8 Å². The summed E-state index contributed by atoms with van der Waals surface area (Å²) in [6.45, 7) is 1.22. The number of nitrogens with two attached hydrogens (primary N) is 1. The minimum atomic E-state index is -0.171. The molecule has 1 saturated heterocycles. The van der Waals surface area contributed by atoms with Crippen LogP contribution in [0, 0.1) is 0 Å². The number of amides is 2. The third-order valence-corrected chi connectivity index (χ3v) is 5.27. The molecule has 0 unspecified atom stereocenters. The number of rotatable bonds is 5. The summed E-state index contributed by atoms with van der Waals surface area (Å²) >= 11 is 0. The quantitative estimate of drug-likeness (QED) is 0.834. The number of nitrogens with one attached hydrogen (secondary N) is 1. The van der Waals surface area contributed by atoms with Crippen LogP contribution in [-0.2, 0) is 0 Å². The molecule has 3 N–H and O–H groups in total. The number of methoxy groups -OCH3 is 1. The number of ether oxygens (including phenoxy) is 1. The molecular weight excluding hydrogens is 354 g/mol. The molecule has 0 aromatic heterocycles. The highest BCUT2D eigenvalue weighted by Gasteiger charge is 2.26. The molecule has 0 spiro atoms. The summed E-state index contributed by atoms with van der Waals surface area (Å²) < 4.78 is 5.48. The van der Waals surface area contributed by atoms with Crippen molar-refractivity contribution < 1.29 is 14.3 Å². The number of likely N-dealkylation sites (tertiary alicyclic amines) is 1. The lowest BCUT2D eigenvalue weighted by Crippen LogP contribution is -2.47. The van der Waals surface area contributed by atoms with E-state index in [0.717, 1.165) is 36.9 Å². The Kier molecular flexibility index (Phi) is 6.31. The Morgan fingerprint density at radius 1 is 1.18 bits per heavy atom. The first-order valence-electron chi connectivity index (χ1n) is 9.60. The zero-order valence-electron chi connectivity index (χ0n) is 16.4. The van der Waals surface area contributed by atoms with E-state index >= 15 is 0 Å². The van der Waals surface area contributed by atoms with Gasteiger partial charge in [0.2, 0.25) is 0 Å². The first-order valence-corrected chi connectivity index (χ1v) is 9.60. The van der Waals surface area contributed by atoms with Crippen molar-refractivity contribution in [3.8, 4) is 16.9 Å². The van der Waals surface area contributed by atoms with Crippen molar-refractivity contribution in [3.05, 3.63) is 53.6 Å². The van der Waals surface area contributed by atoms with Gasteiger partial charge in [0.25, 0.3) is 11.8 Å². The van der Waals surface area contributed by atoms with Gasteiger partial charge < -0.3 is 20.7 Å². The van der Waals surface area contributed by atoms with Gasteiger partial charge in [-0.3, -0.25) is 9.59 Å². The molecule has 28 heavy (non-hydrogen) atoms. The predicted molar refractivity (Wildman–Crippen MR) is 110 cm³/mol. The zero-order chi connectivity index (χ0) is 20.1. The highest BCUT2D eigenvalue weighted by Crippen LogP contribution is 2.32. The van der Waals surface area contributed by atoms with Crippen molar-refractivity contribution >= 4 is 11.8 Å². The van der Waals surface area contributed by atoms with Gasteiger partial charge in [-0.05, 0) is 55.2 Å². The summed E-state index contributed by atoms with van der Waals surface area (Å²) in [5.74, 6) is 0.476. The number of hydrogen-bond acceptors (Lipinski definition) is 4. The van der Waals surface area contributed by atoms with Crippen molar-refractivity contribution in [3.63, 3.8) is 0 Å². The normalized spacial score (nSPS) is 16.5. The molecule has 0 bridgehead atoms. The molecule has 2 aromatic carbocycles. The van der Waals surface area contributed by atoms with Gasteiger partial charge in [0, 0.05) is 42.9 Å². The van der Waals surface area contributed by atoms with Crippen LogP contribution in [0.2, 0.25) is 0 Å². The second-order valence-electron chi connectivity index (χ2n) is 6.96. The van der Waals surface area contributed by atoms with Gasteiger partial charge in [-0.15, -0.1) is 0 Å². The largest absolute Gasteiger partial charge is 0.496 e. The summed E-state index contributed by atoms with van der Waals surface area (Å²) in [5.41, 5.74) is 8.63. The van der Waals surface area contributed by atoms with E-state index in [4.69, 9.17) is 10.5 Å². The molecule has 1 heterocycles. The Balaban J connectivity index is 1.97. The minimum absolute atomic E-state index is 0.00146. The lowest BCUT2D eigenvalue weighted by molar-refractivity contribution is 0.0623. The molecule has 1 atom stereocenters. The van der Waals surface area contributed by atoms with Crippen LogP contribution in [0.4, 0.5) is 0 Å². The number of hydrogen-bond donors (Lipinski definition) is 2. The monoisotopic (exact) mass is 381 g/mol. The van der Waals surface area contributed by atoms with Gasteiger partial charge in [-0.25, -0.2) is 0 Å². The van der Waals surface area contributed by atoms with Crippen LogP contribution in [0.1, 0.15) is 40.0 Å². The van der Waals surface area contributed by atoms with Crippen molar-refractivity contribution in [1.82, 2.24) is 10.2 Å². The molecule has 2 aromatic rings. The van der Waals surface area contributed by atoms with E-state index in [9.17, 15) is 9.59 Å². The zero-order valence-corrected chi connectivity index (χ0v) is 16.4. The average Bonchev–Trinajstić information content (AvgIpc) is 2.77. The third kappa shape index (κ3) is 4.02. The van der Waals surface area contributed by atoms with Gasteiger partial charge in [0.15, 0.2) is 0 Å². The van der Waals surface area contributed by atoms with E-state index in [-0.39, 0.29) is 17.9 Å². The smallest absolute Gasteiger partial charge is 0.254 e. The molecule has 2 amide bonds. The first kappa shape index (κ1) is 19.9. The number of piperidine rings is 1. The molecule has 3 rings (SSSR count). The number of benzene rings is 2. The van der Waals surface area contributed by atoms with E-state index in [1.807, 2.05) is 29.2 Å². The molecule has 148 valence electrons. The summed E-state index contributed by atoms with van der Waals surface area (Å²) in [7, 11) is 3.19. The Labute approximate surface area is 165 Å². The van der Waals surface area contributed by atoms with E-state index in [1.54, 1.807) is 32.4 Å². The Morgan fingerprint density at radius 2 is 2.00 bits per heavy atom. The minimum Gasteiger partial charge on any atom is -0.496 e. The first-order chi connectivity index (χ1) is 13.6. The Bertz CT molecular complexity index is 866. The molecule has 1 aliphatic rings. The lowest BCUT2D eigenvalue weighted by Gasteiger charge is -2.35. The maximum absolute atomic E-state index is 13.1. The molecule has 6 nitrogen and oxygen atoms in total. The molecule has 1 aliphatic heterocycles. The van der Waals surface area contributed by atoms with Gasteiger partial charge in [-0.2, -0.15) is 0 Å². The maximum atomic E-state index is 13.1. The SMILES string of the molecule is CNC(=O)c1ccc(OC)c(-c2cccc(C(=O)N3CCCC[C@@H]3CN)c2)c1. The van der Waals surface area contributed by atoms with Gasteiger partial charge in [0.1, 0.15) is 5.75 Å². The van der Waals surface area contributed by atoms with E-state index < -0.39 is 0 Å². The third-order valence-electron chi connectivity index (χ3n) is 5.27. The highest BCUT2D eigenvalue weighted by molar-refractivity contribution is 5.98. The molecule has 0 radical (unpaired) electrons. The molecule has 0 saturated carbocycles. The van der Waals surface area contributed by atoms with Gasteiger partial charge in [0.05, 0.1) is 7.11 Å². The van der Waals surface area contributed by atoms with Crippen LogP contribution in [-0.4, -0.2) is 50.0 Å². The fraction of sp³-hybridized carbons (Fsp3) is 0.364. The standard InChI is InChI=1S/C22H27N3O3/c1-24-21(26)16-9-10-20(28-2)19(13-16)15-6-5-7-17(12-15)22(27)25-11-4-3-8-18(25)14-23/h5-7,9-10,12-13,18H,3-4,8,11,14,23H2,1-2H3,(H,24,26)/t18-/m1/s1. The van der Waals surface area contributed by atoms with Crippen molar-refractivity contribution in [2.24, 2.45) is 5.73 Å². The van der Waals surface area contributed by atoms with E-state index in [2.05, 4.69) is 5.32 Å². The van der Waals surface area contributed by atoms with Crippen molar-refractivity contribution in [2.75, 3.05) is 27.2 Å². The summed E-state index contributed by atoms with van der Waals surface area (Å²) in [5, 5.41) is 2.63. The van der Waals surface area contributed by atoms with Crippen LogP contribution in [0.25, 0.3) is 11.1 Å². The fourth-order valence-electron chi connectivity index (χ4n) is 3.72. The van der Waals surface area contributed by atoms with Crippen LogP contribution in [0.15, 0.2) is 42.5 Å². The van der Waals surface area contributed by atoms with Crippen molar-refractivity contribution in [1.29, 1.82) is 0 Å². The van der Waals surface area contributed by atoms with Crippen LogP contribution in [0.3, 0.4) is 0 Å². The Morgan fingerprint density at radius 3 is 2.71 bits per heavy atom. The maximum Gasteiger partial charge on any atom is 0.254 e. The molecular formula is C22H27N3O3. The number of carbonyl (C=O) groups excluding carboxylic acids is 2. The van der Waals surface area contributed by atoms with Crippen molar-refractivity contribution in [2.45, 2.75) is 25.3 Å². The second kappa shape index (κ2) is 8.89.